The van der Waals surface area contributed by atoms with Gasteiger partial charge in [-0.1, -0.05) is 0 Å². The molecule has 0 amide bonds. The van der Waals surface area contributed by atoms with Crippen LogP contribution in [0, 0.1) is 31.4 Å². The first-order chi connectivity index (χ1) is 5.65. The normalized spacial score (nSPS) is 9.50. The molecule has 1 rings (SSSR count). The molecule has 0 aliphatic heterocycles. The molecular formula is C10H11NS. The van der Waals surface area contributed by atoms with Crippen molar-refractivity contribution in [2.75, 3.05) is 0 Å². The summed E-state index contributed by atoms with van der Waals surface area (Å²) in [6, 6.07) is 4.10. The molecule has 62 valence electrons. The molecule has 0 heterocycles. The van der Waals surface area contributed by atoms with E-state index in [0.29, 0.717) is 0 Å². The average molecular weight is 177 g/mol. The van der Waals surface area contributed by atoms with E-state index >= 15 is 0 Å². The van der Waals surface area contributed by atoms with E-state index in [0.717, 1.165) is 4.90 Å². The van der Waals surface area contributed by atoms with E-state index in [1.165, 1.54) is 28.5 Å². The highest BCUT2D eigenvalue weighted by Gasteiger charge is 2.00. The van der Waals surface area contributed by atoms with Gasteiger partial charge in [-0.2, -0.15) is 5.26 Å². The third kappa shape index (κ3) is 1.80. The van der Waals surface area contributed by atoms with Gasteiger partial charge in [-0.15, -0.1) is 0 Å². The quantitative estimate of drug-likeness (QED) is 0.486. The van der Waals surface area contributed by atoms with Crippen LogP contribution in [0.15, 0.2) is 17.0 Å². The first-order valence-corrected chi connectivity index (χ1v) is 4.60. The number of nitriles is 1. The minimum atomic E-state index is 1.04. The van der Waals surface area contributed by atoms with Crippen molar-refractivity contribution >= 4 is 11.8 Å². The van der Waals surface area contributed by atoms with Crippen LogP contribution in [0.5, 0.6) is 0 Å². The number of rotatable bonds is 1. The van der Waals surface area contributed by atoms with Crippen molar-refractivity contribution in [1.29, 1.82) is 5.26 Å². The van der Waals surface area contributed by atoms with Crippen molar-refractivity contribution in [3.63, 3.8) is 0 Å². The molecule has 0 unspecified atom stereocenters. The Morgan fingerprint density at radius 3 is 2.08 bits per heavy atom. The van der Waals surface area contributed by atoms with Crippen LogP contribution >= 0.6 is 11.8 Å². The van der Waals surface area contributed by atoms with E-state index in [-0.39, 0.29) is 0 Å². The predicted molar refractivity (Wildman–Crippen MR) is 52.1 cm³/mol. The van der Waals surface area contributed by atoms with Crippen LogP contribution in [0.25, 0.3) is 0 Å². The highest BCUT2D eigenvalue weighted by atomic mass is 32.2. The van der Waals surface area contributed by atoms with E-state index in [1.807, 2.05) is 0 Å². The molecular weight excluding hydrogens is 166 g/mol. The maximum atomic E-state index is 8.48. The fraction of sp³-hybridized carbons (Fsp3) is 0.300. The molecule has 0 saturated heterocycles. The van der Waals surface area contributed by atoms with Crippen LogP contribution in [0.2, 0.25) is 0 Å². The van der Waals surface area contributed by atoms with Crippen LogP contribution < -0.4 is 0 Å². The molecule has 0 atom stereocenters. The fourth-order valence-electron chi connectivity index (χ4n) is 1.11. The predicted octanol–water partition coefficient (Wildman–Crippen LogP) is 3.19. The number of aryl methyl sites for hydroxylation is 2. The van der Waals surface area contributed by atoms with Crippen LogP contribution in [0.3, 0.4) is 0 Å². The highest BCUT2D eigenvalue weighted by Crippen LogP contribution is 2.22. The Hall–Kier alpha value is -0.940. The SMILES string of the molecule is Cc1cc(SC#N)cc(C)c1C. The van der Waals surface area contributed by atoms with Gasteiger partial charge in [0, 0.05) is 4.90 Å². The largest absolute Gasteiger partial charge is 0.185 e. The molecule has 1 aromatic rings. The summed E-state index contributed by atoms with van der Waals surface area (Å²) in [6.45, 7) is 6.25. The van der Waals surface area contributed by atoms with Crippen LogP contribution in [0.4, 0.5) is 0 Å². The van der Waals surface area contributed by atoms with Gasteiger partial charge < -0.3 is 0 Å². The van der Waals surface area contributed by atoms with Gasteiger partial charge in [-0.25, -0.2) is 0 Å². The lowest BCUT2D eigenvalue weighted by atomic mass is 10.1. The van der Waals surface area contributed by atoms with E-state index < -0.39 is 0 Å². The van der Waals surface area contributed by atoms with Crippen molar-refractivity contribution in [3.8, 4) is 5.40 Å². The molecule has 0 bridgehead atoms. The fourth-order valence-corrected chi connectivity index (χ4v) is 1.68. The van der Waals surface area contributed by atoms with E-state index in [4.69, 9.17) is 5.26 Å². The standard InChI is InChI=1S/C10H11NS/c1-7-4-10(12-6-11)5-8(2)9(7)3/h4-5H,1-3H3. The second-order valence-corrected chi connectivity index (χ2v) is 3.73. The highest BCUT2D eigenvalue weighted by molar-refractivity contribution is 8.03. The van der Waals surface area contributed by atoms with Crippen molar-refractivity contribution in [1.82, 2.24) is 0 Å². The molecule has 0 aliphatic carbocycles. The first kappa shape index (κ1) is 9.15. The van der Waals surface area contributed by atoms with E-state index in [9.17, 15) is 0 Å². The van der Waals surface area contributed by atoms with Gasteiger partial charge in [-0.05, 0) is 61.4 Å². The summed E-state index contributed by atoms with van der Waals surface area (Å²) in [5, 5.41) is 10.6. The third-order valence-corrected chi connectivity index (χ3v) is 2.63. The minimum Gasteiger partial charge on any atom is -0.185 e. The van der Waals surface area contributed by atoms with E-state index in [2.05, 4.69) is 38.3 Å². The third-order valence-electron chi connectivity index (χ3n) is 2.06. The Balaban J connectivity index is 3.14. The summed E-state index contributed by atoms with van der Waals surface area (Å²) in [5.74, 6) is 0. The van der Waals surface area contributed by atoms with Crippen LogP contribution in [-0.4, -0.2) is 0 Å². The van der Waals surface area contributed by atoms with Gasteiger partial charge in [0.1, 0.15) is 5.40 Å². The maximum Gasteiger partial charge on any atom is 0.138 e. The average Bonchev–Trinajstić information content (AvgIpc) is 2.01. The molecule has 0 N–H and O–H groups in total. The molecule has 0 radical (unpaired) electrons. The summed E-state index contributed by atoms with van der Waals surface area (Å²) in [7, 11) is 0. The minimum absolute atomic E-state index is 1.04. The molecule has 0 spiro atoms. The van der Waals surface area contributed by atoms with Gasteiger partial charge in [-0.3, -0.25) is 0 Å². The summed E-state index contributed by atoms with van der Waals surface area (Å²) in [4.78, 5) is 1.04. The number of hydrogen-bond donors (Lipinski definition) is 0. The Morgan fingerprint density at radius 2 is 1.67 bits per heavy atom. The van der Waals surface area contributed by atoms with E-state index in [1.54, 1.807) is 0 Å². The van der Waals surface area contributed by atoms with Gasteiger partial charge in [0.15, 0.2) is 0 Å². The second kappa shape index (κ2) is 3.64. The van der Waals surface area contributed by atoms with Crippen molar-refractivity contribution in [3.05, 3.63) is 28.8 Å². The van der Waals surface area contributed by atoms with Crippen LogP contribution in [0.1, 0.15) is 16.7 Å². The van der Waals surface area contributed by atoms with Gasteiger partial charge in [0.2, 0.25) is 0 Å². The number of nitrogens with zero attached hydrogens (tertiary/aromatic N) is 1. The Labute approximate surface area is 77.4 Å². The van der Waals surface area contributed by atoms with Crippen LogP contribution in [-0.2, 0) is 0 Å². The van der Waals surface area contributed by atoms with Gasteiger partial charge in [0.05, 0.1) is 0 Å². The summed E-state index contributed by atoms with van der Waals surface area (Å²) in [6.07, 6.45) is 0. The van der Waals surface area contributed by atoms with Crippen molar-refractivity contribution < 1.29 is 0 Å². The number of hydrogen-bond acceptors (Lipinski definition) is 2. The Morgan fingerprint density at radius 1 is 1.17 bits per heavy atom. The second-order valence-electron chi connectivity index (χ2n) is 2.88. The maximum absolute atomic E-state index is 8.48. The lowest BCUT2D eigenvalue weighted by Crippen LogP contribution is -1.86. The zero-order valence-electron chi connectivity index (χ0n) is 7.51. The monoisotopic (exact) mass is 177 g/mol. The van der Waals surface area contributed by atoms with Crippen molar-refractivity contribution in [2.45, 2.75) is 25.7 Å². The smallest absolute Gasteiger partial charge is 0.138 e. The summed E-state index contributed by atoms with van der Waals surface area (Å²) < 4.78 is 0. The lowest BCUT2D eigenvalue weighted by molar-refractivity contribution is 1.21. The first-order valence-electron chi connectivity index (χ1n) is 3.79. The molecule has 1 aromatic carbocycles. The Bertz CT molecular complexity index is 313. The molecule has 0 saturated carbocycles. The molecule has 2 heteroatoms. The van der Waals surface area contributed by atoms with Gasteiger partial charge >= 0.3 is 0 Å². The molecule has 12 heavy (non-hydrogen) atoms. The number of thioether (sulfide) groups is 1. The van der Waals surface area contributed by atoms with Crippen molar-refractivity contribution in [2.24, 2.45) is 0 Å². The molecule has 0 aromatic heterocycles. The number of benzene rings is 1. The summed E-state index contributed by atoms with van der Waals surface area (Å²) >= 11 is 1.22. The zero-order valence-corrected chi connectivity index (χ0v) is 8.33. The number of thiocyanates is 1. The van der Waals surface area contributed by atoms with Gasteiger partial charge in [0.25, 0.3) is 0 Å². The molecule has 0 fully saturated rings. The topological polar surface area (TPSA) is 23.8 Å². The Kier molecular flexibility index (Phi) is 2.78. The lowest BCUT2D eigenvalue weighted by Gasteiger charge is -2.05. The molecule has 0 aliphatic rings. The molecule has 1 nitrogen and oxygen atoms in total. The summed E-state index contributed by atoms with van der Waals surface area (Å²) in [5.41, 5.74) is 3.83. The zero-order chi connectivity index (χ0) is 9.14.